The van der Waals surface area contributed by atoms with Crippen LogP contribution in [0.3, 0.4) is 0 Å². The fraction of sp³-hybridized carbons (Fsp3) is 0.0577. The summed E-state index contributed by atoms with van der Waals surface area (Å²) in [6, 6.07) is 59.7. The van der Waals surface area contributed by atoms with E-state index in [9.17, 15) is 0 Å². The topological polar surface area (TPSA) is 69.4 Å². The molecular formula is C52H36N6. The van der Waals surface area contributed by atoms with Crippen molar-refractivity contribution in [3.8, 4) is 73.5 Å². The van der Waals surface area contributed by atoms with Crippen LogP contribution in [0.2, 0.25) is 0 Å². The zero-order valence-corrected chi connectivity index (χ0v) is 32.0. The molecule has 10 aromatic rings. The molecule has 0 aliphatic heterocycles. The van der Waals surface area contributed by atoms with Crippen molar-refractivity contribution in [1.29, 1.82) is 0 Å². The van der Waals surface area contributed by atoms with Gasteiger partial charge < -0.3 is 4.57 Å². The summed E-state index contributed by atoms with van der Waals surface area (Å²) >= 11 is 0. The first-order valence-electron chi connectivity index (χ1n) is 19.6. The average molecular weight is 745 g/mol. The maximum atomic E-state index is 4.89. The smallest absolute Gasteiger partial charge is 0.184 e. The first-order valence-corrected chi connectivity index (χ1v) is 19.6. The Hall–Kier alpha value is -7.57. The average Bonchev–Trinajstić information content (AvgIpc) is 3.74. The van der Waals surface area contributed by atoms with Gasteiger partial charge in [0.15, 0.2) is 17.5 Å². The fourth-order valence-corrected chi connectivity index (χ4v) is 8.61. The van der Waals surface area contributed by atoms with Gasteiger partial charge in [0.1, 0.15) is 5.69 Å². The molecular weight excluding hydrogens is 709 g/mol. The molecule has 0 amide bonds. The molecule has 3 heterocycles. The molecule has 58 heavy (non-hydrogen) atoms. The fourth-order valence-electron chi connectivity index (χ4n) is 8.61. The number of benzene rings is 7. The van der Waals surface area contributed by atoms with Crippen LogP contribution in [0, 0.1) is 0 Å². The van der Waals surface area contributed by atoms with Crippen LogP contribution in [0.4, 0.5) is 0 Å². The number of hydrogen-bond acceptors (Lipinski definition) is 5. The van der Waals surface area contributed by atoms with E-state index >= 15 is 0 Å². The number of aromatic nitrogens is 6. The Kier molecular flexibility index (Phi) is 7.73. The van der Waals surface area contributed by atoms with Gasteiger partial charge in [-0.3, -0.25) is 4.98 Å². The lowest BCUT2D eigenvalue weighted by Crippen LogP contribution is -2.14. The van der Waals surface area contributed by atoms with Crippen LogP contribution in [-0.4, -0.2) is 29.5 Å². The Morgan fingerprint density at radius 2 is 0.966 bits per heavy atom. The van der Waals surface area contributed by atoms with Gasteiger partial charge in [0.25, 0.3) is 0 Å². The van der Waals surface area contributed by atoms with Crippen LogP contribution >= 0.6 is 0 Å². The summed E-state index contributed by atoms with van der Waals surface area (Å²) in [7, 11) is 0. The predicted octanol–water partition coefficient (Wildman–Crippen LogP) is 12.4. The molecule has 0 spiro atoms. The van der Waals surface area contributed by atoms with Gasteiger partial charge in [0.05, 0.1) is 29.1 Å². The molecule has 6 heteroatoms. The standard InChI is InChI=1S/C52H36N6/c1-52(2)43-19-11-9-17-39(43)40-27-23-36(30-44(40)52)33-21-25-38(26-22-33)58-47-20-12-10-18-41(47)42-29-37(24-28-48(42)58)45-31-54-46(32-53-45)51-56-49(34-13-5-3-6-14-34)55-50(57-51)35-15-7-4-8-16-35/h3-32H,1-2H3. The Morgan fingerprint density at radius 1 is 0.397 bits per heavy atom. The summed E-state index contributed by atoms with van der Waals surface area (Å²) in [5.41, 5.74) is 15.4. The van der Waals surface area contributed by atoms with Gasteiger partial charge >= 0.3 is 0 Å². The second-order valence-electron chi connectivity index (χ2n) is 15.4. The summed E-state index contributed by atoms with van der Waals surface area (Å²) in [5, 5.41) is 2.33. The number of nitrogens with zero attached hydrogens (tertiary/aromatic N) is 6. The Morgan fingerprint density at radius 3 is 1.69 bits per heavy atom. The van der Waals surface area contributed by atoms with Crippen molar-refractivity contribution in [2.24, 2.45) is 0 Å². The summed E-state index contributed by atoms with van der Waals surface area (Å²) in [6.45, 7) is 4.67. The second kappa shape index (κ2) is 13.3. The van der Waals surface area contributed by atoms with Gasteiger partial charge in [-0.2, -0.15) is 0 Å². The van der Waals surface area contributed by atoms with E-state index in [2.05, 4.69) is 128 Å². The van der Waals surface area contributed by atoms with Gasteiger partial charge in [0.2, 0.25) is 0 Å². The van der Waals surface area contributed by atoms with Crippen molar-refractivity contribution in [2.75, 3.05) is 0 Å². The quantitative estimate of drug-likeness (QED) is 0.170. The molecule has 0 saturated heterocycles. The lowest BCUT2D eigenvalue weighted by atomic mass is 9.81. The van der Waals surface area contributed by atoms with Crippen molar-refractivity contribution in [3.63, 3.8) is 0 Å². The molecule has 0 bridgehead atoms. The first-order chi connectivity index (χ1) is 28.5. The molecule has 6 nitrogen and oxygen atoms in total. The normalized spacial score (nSPS) is 12.8. The summed E-state index contributed by atoms with van der Waals surface area (Å²) in [6.07, 6.45) is 3.56. The van der Waals surface area contributed by atoms with E-state index < -0.39 is 0 Å². The molecule has 1 aliphatic carbocycles. The van der Waals surface area contributed by atoms with E-state index in [1.54, 1.807) is 12.4 Å². The van der Waals surface area contributed by atoms with Crippen molar-refractivity contribution in [3.05, 3.63) is 193 Å². The van der Waals surface area contributed by atoms with Gasteiger partial charge in [-0.1, -0.05) is 147 Å². The number of rotatable bonds is 6. The third kappa shape index (κ3) is 5.52. The highest BCUT2D eigenvalue weighted by atomic mass is 15.1. The minimum atomic E-state index is -0.0372. The van der Waals surface area contributed by atoms with Crippen molar-refractivity contribution in [1.82, 2.24) is 29.5 Å². The molecule has 0 fully saturated rings. The van der Waals surface area contributed by atoms with Gasteiger partial charge in [-0.05, 0) is 69.8 Å². The number of fused-ring (bicyclic) bond motifs is 6. The van der Waals surface area contributed by atoms with Crippen molar-refractivity contribution >= 4 is 21.8 Å². The third-order valence-corrected chi connectivity index (χ3v) is 11.6. The van der Waals surface area contributed by atoms with Crippen LogP contribution in [0.15, 0.2) is 182 Å². The minimum Gasteiger partial charge on any atom is -0.309 e. The van der Waals surface area contributed by atoms with Crippen molar-refractivity contribution < 1.29 is 0 Å². The second-order valence-corrected chi connectivity index (χ2v) is 15.4. The molecule has 0 saturated carbocycles. The van der Waals surface area contributed by atoms with Crippen LogP contribution in [0.5, 0.6) is 0 Å². The monoisotopic (exact) mass is 744 g/mol. The number of hydrogen-bond donors (Lipinski definition) is 0. The predicted molar refractivity (Wildman–Crippen MR) is 234 cm³/mol. The maximum Gasteiger partial charge on any atom is 0.184 e. The van der Waals surface area contributed by atoms with E-state index in [1.165, 1.54) is 38.8 Å². The zero-order chi connectivity index (χ0) is 38.8. The molecule has 1 aliphatic rings. The van der Waals surface area contributed by atoms with Crippen LogP contribution < -0.4 is 0 Å². The highest BCUT2D eigenvalue weighted by molar-refractivity contribution is 6.10. The molecule has 0 atom stereocenters. The largest absolute Gasteiger partial charge is 0.309 e. The van der Waals surface area contributed by atoms with Crippen molar-refractivity contribution in [2.45, 2.75) is 19.3 Å². The zero-order valence-electron chi connectivity index (χ0n) is 32.0. The van der Waals surface area contributed by atoms with Crippen LogP contribution in [-0.2, 0) is 5.41 Å². The highest BCUT2D eigenvalue weighted by Crippen LogP contribution is 2.49. The summed E-state index contributed by atoms with van der Waals surface area (Å²) in [5.74, 6) is 1.65. The van der Waals surface area contributed by atoms with E-state index in [0.717, 1.165) is 44.5 Å². The van der Waals surface area contributed by atoms with Gasteiger partial charge in [-0.15, -0.1) is 0 Å². The molecule has 3 aromatic heterocycles. The Balaban J connectivity index is 0.931. The molecule has 274 valence electrons. The van der Waals surface area contributed by atoms with Gasteiger partial charge in [0, 0.05) is 38.6 Å². The van der Waals surface area contributed by atoms with Crippen LogP contribution in [0.25, 0.3) is 95.3 Å². The Bertz CT molecular complexity index is 3110. The summed E-state index contributed by atoms with van der Waals surface area (Å²) in [4.78, 5) is 24.2. The first kappa shape index (κ1) is 33.7. The third-order valence-electron chi connectivity index (χ3n) is 11.6. The molecule has 0 unspecified atom stereocenters. The molecule has 0 radical (unpaired) electrons. The molecule has 7 aromatic carbocycles. The highest BCUT2D eigenvalue weighted by Gasteiger charge is 2.35. The van der Waals surface area contributed by atoms with E-state index in [0.29, 0.717) is 23.2 Å². The van der Waals surface area contributed by atoms with E-state index in [1.807, 2.05) is 60.7 Å². The minimum absolute atomic E-state index is 0.0372. The van der Waals surface area contributed by atoms with Crippen LogP contribution in [0.1, 0.15) is 25.0 Å². The van der Waals surface area contributed by atoms with E-state index in [4.69, 9.17) is 24.9 Å². The summed E-state index contributed by atoms with van der Waals surface area (Å²) < 4.78 is 2.35. The van der Waals surface area contributed by atoms with Gasteiger partial charge in [-0.25, -0.2) is 19.9 Å². The number of para-hydroxylation sites is 1. The maximum absolute atomic E-state index is 4.89. The molecule has 11 rings (SSSR count). The van der Waals surface area contributed by atoms with E-state index in [-0.39, 0.29) is 5.41 Å². The SMILES string of the molecule is CC1(C)c2ccccc2-c2ccc(-c3ccc(-n4c5ccccc5c5cc(-c6cnc(-c7nc(-c8ccccc8)nc(-c8ccccc8)n7)cn6)ccc54)cc3)cc21. The lowest BCUT2D eigenvalue weighted by molar-refractivity contribution is 0.660. The Labute approximate surface area is 336 Å². The lowest BCUT2D eigenvalue weighted by Gasteiger charge is -2.22. The molecule has 0 N–H and O–H groups in total.